The van der Waals surface area contributed by atoms with Gasteiger partial charge < -0.3 is 10.4 Å². The van der Waals surface area contributed by atoms with Crippen LogP contribution < -0.4 is 5.32 Å². The van der Waals surface area contributed by atoms with Crippen LogP contribution >= 0.6 is 34.7 Å². The fourth-order valence-corrected chi connectivity index (χ4v) is 4.33. The maximum absolute atomic E-state index is 11.8. The SMILES string of the molecule is O=C(CCc1cc(Cl)cs1)NCC1(O)CCSCC1. The van der Waals surface area contributed by atoms with E-state index in [1.807, 2.05) is 23.2 Å². The molecule has 6 heteroatoms. The molecule has 0 spiro atoms. The van der Waals surface area contributed by atoms with Gasteiger partial charge in [-0.15, -0.1) is 11.3 Å². The van der Waals surface area contributed by atoms with Crippen molar-refractivity contribution in [3.63, 3.8) is 0 Å². The molecule has 1 aromatic heterocycles. The van der Waals surface area contributed by atoms with Crippen molar-refractivity contribution < 1.29 is 9.90 Å². The number of hydrogen-bond acceptors (Lipinski definition) is 4. The monoisotopic (exact) mass is 319 g/mol. The Kier molecular flexibility index (Phi) is 5.57. The number of thioether (sulfide) groups is 1. The number of thiophene rings is 1. The fraction of sp³-hybridized carbons (Fsp3) is 0.615. The van der Waals surface area contributed by atoms with Crippen molar-refractivity contribution >= 4 is 40.6 Å². The Bertz CT molecular complexity index is 430. The number of halogens is 1. The number of rotatable bonds is 5. The first-order valence-corrected chi connectivity index (χ1v) is 8.78. The molecule has 0 saturated carbocycles. The highest BCUT2D eigenvalue weighted by Crippen LogP contribution is 2.26. The molecule has 0 atom stereocenters. The van der Waals surface area contributed by atoms with Crippen LogP contribution in [0.15, 0.2) is 11.4 Å². The van der Waals surface area contributed by atoms with Gasteiger partial charge in [-0.25, -0.2) is 0 Å². The molecule has 1 aliphatic heterocycles. The number of aliphatic hydroxyl groups is 1. The van der Waals surface area contributed by atoms with E-state index in [2.05, 4.69) is 5.32 Å². The Hall–Kier alpha value is -0.230. The maximum Gasteiger partial charge on any atom is 0.220 e. The molecule has 2 heterocycles. The average Bonchev–Trinajstić information content (AvgIpc) is 2.81. The van der Waals surface area contributed by atoms with Crippen LogP contribution in [-0.4, -0.2) is 34.7 Å². The predicted molar refractivity (Wildman–Crippen MR) is 82.2 cm³/mol. The Balaban J connectivity index is 1.69. The van der Waals surface area contributed by atoms with Crippen LogP contribution in [0.5, 0.6) is 0 Å². The van der Waals surface area contributed by atoms with Gasteiger partial charge in [-0.05, 0) is 36.8 Å². The first-order valence-electron chi connectivity index (χ1n) is 6.37. The summed E-state index contributed by atoms with van der Waals surface area (Å²) in [5, 5.41) is 15.7. The Morgan fingerprint density at radius 3 is 2.84 bits per heavy atom. The quantitative estimate of drug-likeness (QED) is 0.877. The van der Waals surface area contributed by atoms with Gasteiger partial charge in [0.05, 0.1) is 10.6 Å². The molecule has 0 aromatic carbocycles. The summed E-state index contributed by atoms with van der Waals surface area (Å²) in [6.45, 7) is 0.373. The zero-order chi connectivity index (χ0) is 13.7. The number of aryl methyl sites for hydroxylation is 1. The van der Waals surface area contributed by atoms with Crippen LogP contribution in [0, 0.1) is 0 Å². The average molecular weight is 320 g/mol. The molecule has 19 heavy (non-hydrogen) atoms. The lowest BCUT2D eigenvalue weighted by Gasteiger charge is -2.31. The molecule has 1 fully saturated rings. The van der Waals surface area contributed by atoms with Gasteiger partial charge in [0.1, 0.15) is 0 Å². The van der Waals surface area contributed by atoms with Crippen molar-refractivity contribution in [3.05, 3.63) is 21.3 Å². The molecular weight excluding hydrogens is 302 g/mol. The van der Waals surface area contributed by atoms with Gasteiger partial charge in [0.2, 0.25) is 5.91 Å². The second-order valence-electron chi connectivity index (χ2n) is 4.84. The summed E-state index contributed by atoms with van der Waals surface area (Å²) in [7, 11) is 0. The van der Waals surface area contributed by atoms with Gasteiger partial charge in [0.25, 0.3) is 0 Å². The van der Waals surface area contributed by atoms with E-state index in [1.165, 1.54) is 0 Å². The lowest BCUT2D eigenvalue weighted by Crippen LogP contribution is -2.45. The fourth-order valence-electron chi connectivity index (χ4n) is 2.00. The highest BCUT2D eigenvalue weighted by molar-refractivity contribution is 7.99. The van der Waals surface area contributed by atoms with Crippen molar-refractivity contribution in [1.29, 1.82) is 0 Å². The van der Waals surface area contributed by atoms with E-state index in [4.69, 9.17) is 11.6 Å². The highest BCUT2D eigenvalue weighted by atomic mass is 35.5. The summed E-state index contributed by atoms with van der Waals surface area (Å²) in [6, 6.07) is 1.89. The Labute approximate surface area is 126 Å². The molecule has 106 valence electrons. The number of nitrogens with one attached hydrogen (secondary N) is 1. The molecule has 0 aliphatic carbocycles. The van der Waals surface area contributed by atoms with E-state index in [0.717, 1.165) is 34.2 Å². The molecule has 0 radical (unpaired) electrons. The number of amides is 1. The lowest BCUT2D eigenvalue weighted by atomic mass is 9.97. The van der Waals surface area contributed by atoms with Gasteiger partial charge in [0.15, 0.2) is 0 Å². The van der Waals surface area contributed by atoms with E-state index < -0.39 is 5.60 Å². The molecule has 3 nitrogen and oxygen atoms in total. The molecule has 1 aliphatic rings. The summed E-state index contributed by atoms with van der Waals surface area (Å²) >= 11 is 9.26. The van der Waals surface area contributed by atoms with E-state index in [-0.39, 0.29) is 5.91 Å². The van der Waals surface area contributed by atoms with Crippen LogP contribution in [0.4, 0.5) is 0 Å². The van der Waals surface area contributed by atoms with Crippen molar-refractivity contribution in [2.75, 3.05) is 18.1 Å². The van der Waals surface area contributed by atoms with E-state index >= 15 is 0 Å². The van der Waals surface area contributed by atoms with Crippen LogP contribution in [0.1, 0.15) is 24.1 Å². The number of carbonyl (C=O) groups is 1. The third-order valence-electron chi connectivity index (χ3n) is 3.26. The van der Waals surface area contributed by atoms with Crippen LogP contribution in [0.25, 0.3) is 0 Å². The third-order valence-corrected chi connectivity index (χ3v) is 5.59. The second-order valence-corrected chi connectivity index (χ2v) is 7.50. The minimum Gasteiger partial charge on any atom is -0.388 e. The number of hydrogen-bond donors (Lipinski definition) is 2. The molecule has 0 unspecified atom stereocenters. The zero-order valence-corrected chi connectivity index (χ0v) is 13.0. The molecule has 2 rings (SSSR count). The van der Waals surface area contributed by atoms with Crippen LogP contribution in [0.2, 0.25) is 5.02 Å². The summed E-state index contributed by atoms with van der Waals surface area (Å²) in [4.78, 5) is 12.9. The maximum atomic E-state index is 11.8. The predicted octanol–water partition coefficient (Wildman–Crippen LogP) is 2.71. The van der Waals surface area contributed by atoms with Crippen molar-refractivity contribution in [2.24, 2.45) is 0 Å². The van der Waals surface area contributed by atoms with E-state index in [0.29, 0.717) is 19.4 Å². The molecule has 0 bridgehead atoms. The van der Waals surface area contributed by atoms with Crippen molar-refractivity contribution in [2.45, 2.75) is 31.3 Å². The normalized spacial score (nSPS) is 18.2. The Morgan fingerprint density at radius 2 is 2.21 bits per heavy atom. The topological polar surface area (TPSA) is 49.3 Å². The van der Waals surface area contributed by atoms with Gasteiger partial charge in [-0.1, -0.05) is 11.6 Å². The lowest BCUT2D eigenvalue weighted by molar-refractivity contribution is -0.122. The molecule has 1 saturated heterocycles. The van der Waals surface area contributed by atoms with Crippen molar-refractivity contribution in [3.8, 4) is 0 Å². The van der Waals surface area contributed by atoms with Gasteiger partial charge in [-0.2, -0.15) is 11.8 Å². The van der Waals surface area contributed by atoms with Crippen LogP contribution in [0.3, 0.4) is 0 Å². The third kappa shape index (κ3) is 4.99. The summed E-state index contributed by atoms with van der Waals surface area (Å²) < 4.78 is 0. The van der Waals surface area contributed by atoms with Crippen LogP contribution in [-0.2, 0) is 11.2 Å². The van der Waals surface area contributed by atoms with E-state index in [1.54, 1.807) is 11.3 Å². The molecule has 1 amide bonds. The van der Waals surface area contributed by atoms with Crippen molar-refractivity contribution in [1.82, 2.24) is 5.32 Å². The standard InChI is InChI=1S/C13H18ClNO2S2/c14-10-7-11(19-8-10)1-2-12(16)15-9-13(17)3-5-18-6-4-13/h7-8,17H,1-6,9H2,(H,15,16). The first kappa shape index (κ1) is 15.2. The summed E-state index contributed by atoms with van der Waals surface area (Å²) in [5.74, 6) is 1.94. The smallest absolute Gasteiger partial charge is 0.220 e. The van der Waals surface area contributed by atoms with Gasteiger partial charge in [0, 0.05) is 23.2 Å². The minimum absolute atomic E-state index is 0.00354. The van der Waals surface area contributed by atoms with E-state index in [9.17, 15) is 9.90 Å². The highest BCUT2D eigenvalue weighted by Gasteiger charge is 2.29. The summed E-state index contributed by atoms with van der Waals surface area (Å²) in [6.07, 6.45) is 2.68. The Morgan fingerprint density at radius 1 is 1.47 bits per heavy atom. The molecule has 1 aromatic rings. The zero-order valence-electron chi connectivity index (χ0n) is 10.7. The van der Waals surface area contributed by atoms with Gasteiger partial charge in [-0.3, -0.25) is 4.79 Å². The summed E-state index contributed by atoms with van der Waals surface area (Å²) in [5.41, 5.74) is -0.701. The molecular formula is C13H18ClNO2S2. The largest absolute Gasteiger partial charge is 0.388 e. The molecule has 2 N–H and O–H groups in total. The second kappa shape index (κ2) is 6.97. The first-order chi connectivity index (χ1) is 9.07. The number of carbonyl (C=O) groups excluding carboxylic acids is 1. The van der Waals surface area contributed by atoms with Gasteiger partial charge >= 0.3 is 0 Å². The minimum atomic E-state index is -0.701.